The van der Waals surface area contributed by atoms with Crippen LogP contribution in [0.15, 0.2) is 97.1 Å². The fourth-order valence-electron chi connectivity index (χ4n) is 6.78. The number of allylic oxidation sites excluding steroid dienone is 5. The minimum absolute atomic E-state index is 0.581. The highest BCUT2D eigenvalue weighted by molar-refractivity contribution is 6.13. The number of hydrogen-bond donors (Lipinski definition) is 0. The highest BCUT2D eigenvalue weighted by Gasteiger charge is 2.24. The molecule has 45 heavy (non-hydrogen) atoms. The molecule has 0 bridgehead atoms. The first-order valence-corrected chi connectivity index (χ1v) is 14.8. The Morgan fingerprint density at radius 3 is 1.93 bits per heavy atom. The van der Waals surface area contributed by atoms with Crippen molar-refractivity contribution in [1.82, 2.24) is 9.13 Å². The van der Waals surface area contributed by atoms with Gasteiger partial charge in [0, 0.05) is 39.4 Å². The lowest BCUT2D eigenvalue weighted by Crippen LogP contribution is -2.07. The molecule has 0 atom stereocenters. The first kappa shape index (κ1) is 26.1. The Hall–Kier alpha value is -6.53. The van der Waals surface area contributed by atoms with E-state index in [0.29, 0.717) is 23.1 Å². The SMILES string of the molecule is N#Cc1ccc2c(c1)c1c(n2-c2ccccc2C2=C(n3c4ccc(C#N)cc4c4cc(C#N)ccc43)C=CCC2)C#CCC=C1. The fourth-order valence-corrected chi connectivity index (χ4v) is 6.78. The van der Waals surface area contributed by atoms with Crippen LogP contribution in [-0.4, -0.2) is 9.13 Å². The molecule has 5 heteroatoms. The molecule has 0 fully saturated rings. The predicted octanol–water partition coefficient (Wildman–Crippen LogP) is 8.84. The minimum Gasteiger partial charge on any atom is -0.309 e. The topological polar surface area (TPSA) is 81.2 Å². The molecule has 2 aromatic heterocycles. The second-order valence-electron chi connectivity index (χ2n) is 11.2. The molecule has 2 heterocycles. The van der Waals surface area contributed by atoms with Crippen molar-refractivity contribution < 1.29 is 0 Å². The van der Waals surface area contributed by atoms with Crippen molar-refractivity contribution in [2.45, 2.75) is 19.3 Å². The molecule has 0 amide bonds. The maximum atomic E-state index is 9.68. The summed E-state index contributed by atoms with van der Waals surface area (Å²) in [5.74, 6) is 6.73. The van der Waals surface area contributed by atoms with E-state index in [2.05, 4.69) is 87.8 Å². The van der Waals surface area contributed by atoms with Crippen LogP contribution in [0.4, 0.5) is 0 Å². The van der Waals surface area contributed by atoms with Gasteiger partial charge >= 0.3 is 0 Å². The zero-order valence-electron chi connectivity index (χ0n) is 24.2. The first-order valence-electron chi connectivity index (χ1n) is 14.8. The maximum absolute atomic E-state index is 9.68. The molecule has 6 aromatic rings. The highest BCUT2D eigenvalue weighted by atomic mass is 15.0. The van der Waals surface area contributed by atoms with Crippen LogP contribution < -0.4 is 0 Å². The van der Waals surface area contributed by atoms with Gasteiger partial charge in [-0.3, -0.25) is 0 Å². The van der Waals surface area contributed by atoms with Gasteiger partial charge in [0.2, 0.25) is 0 Å². The van der Waals surface area contributed by atoms with Crippen molar-refractivity contribution >= 4 is 50.1 Å². The van der Waals surface area contributed by atoms with Crippen LogP contribution in [0.3, 0.4) is 0 Å². The van der Waals surface area contributed by atoms with Crippen LogP contribution in [0, 0.1) is 45.8 Å². The summed E-state index contributed by atoms with van der Waals surface area (Å²) in [6.07, 6.45) is 11.0. The number of rotatable bonds is 3. The van der Waals surface area contributed by atoms with E-state index in [-0.39, 0.29) is 0 Å². The van der Waals surface area contributed by atoms with Gasteiger partial charge < -0.3 is 9.13 Å². The van der Waals surface area contributed by atoms with E-state index in [1.165, 1.54) is 5.57 Å². The Kier molecular flexibility index (Phi) is 5.99. The van der Waals surface area contributed by atoms with Crippen LogP contribution in [0.5, 0.6) is 0 Å². The molecule has 0 saturated carbocycles. The van der Waals surface area contributed by atoms with Crippen LogP contribution in [-0.2, 0) is 0 Å². The molecular formula is C40H23N5. The van der Waals surface area contributed by atoms with Crippen LogP contribution in [0.25, 0.3) is 55.7 Å². The second-order valence-corrected chi connectivity index (χ2v) is 11.2. The van der Waals surface area contributed by atoms with Crippen molar-refractivity contribution in [3.8, 4) is 35.7 Å². The van der Waals surface area contributed by atoms with Crippen molar-refractivity contribution in [1.29, 1.82) is 15.8 Å². The lowest BCUT2D eigenvalue weighted by Gasteiger charge is -2.22. The third kappa shape index (κ3) is 4.01. The summed E-state index contributed by atoms with van der Waals surface area (Å²) < 4.78 is 4.52. The van der Waals surface area contributed by atoms with E-state index < -0.39 is 0 Å². The molecule has 4 aromatic carbocycles. The van der Waals surface area contributed by atoms with Crippen molar-refractivity contribution in [3.63, 3.8) is 0 Å². The van der Waals surface area contributed by atoms with Gasteiger partial charge in [-0.05, 0) is 91.1 Å². The number of nitriles is 3. The number of benzene rings is 4. The predicted molar refractivity (Wildman–Crippen MR) is 179 cm³/mol. The Bertz CT molecular complexity index is 2480. The third-order valence-corrected chi connectivity index (χ3v) is 8.73. The van der Waals surface area contributed by atoms with Gasteiger partial charge in [0.1, 0.15) is 5.69 Å². The largest absolute Gasteiger partial charge is 0.309 e. The summed E-state index contributed by atoms with van der Waals surface area (Å²) in [7, 11) is 0. The van der Waals surface area contributed by atoms with Gasteiger partial charge in [0.15, 0.2) is 0 Å². The lowest BCUT2D eigenvalue weighted by atomic mass is 9.93. The molecule has 0 aliphatic heterocycles. The Labute approximate surface area is 260 Å². The summed E-state index contributed by atoms with van der Waals surface area (Å²) in [5.41, 5.74) is 11.1. The Morgan fingerprint density at radius 1 is 0.644 bits per heavy atom. The van der Waals surface area contributed by atoms with Gasteiger partial charge in [-0.2, -0.15) is 15.8 Å². The molecule has 0 radical (unpaired) electrons. The van der Waals surface area contributed by atoms with E-state index in [9.17, 15) is 15.8 Å². The van der Waals surface area contributed by atoms with Gasteiger partial charge in [0.05, 0.1) is 57.1 Å². The molecular weight excluding hydrogens is 550 g/mol. The maximum Gasteiger partial charge on any atom is 0.105 e. The summed E-state index contributed by atoms with van der Waals surface area (Å²) in [6.45, 7) is 0. The zero-order chi connectivity index (χ0) is 30.5. The number of fused-ring (bicyclic) bond motifs is 6. The fraction of sp³-hybridized carbons (Fsp3) is 0.0750. The molecule has 2 aliphatic rings. The molecule has 0 spiro atoms. The molecule has 8 rings (SSSR count). The first-order chi connectivity index (χ1) is 22.2. The Balaban J connectivity index is 1.45. The average Bonchev–Trinajstić information content (AvgIpc) is 3.45. The second kappa shape index (κ2) is 10.3. The normalized spacial score (nSPS) is 13.6. The van der Waals surface area contributed by atoms with E-state index in [1.807, 2.05) is 54.6 Å². The standard InChI is InChI=1S/C40H23N5/c41-23-26-14-17-38-32(20-26)31-8-2-1-3-11-37(31)44(38)35-12-6-4-9-29(35)30-10-5-7-13-36(30)45-39-18-15-27(24-42)21-33(39)34-22-28(25-43)16-19-40(34)45/h2,4,6-9,12-22H,1,5,10H2. The van der Waals surface area contributed by atoms with Crippen molar-refractivity contribution in [2.75, 3.05) is 0 Å². The zero-order valence-corrected chi connectivity index (χ0v) is 24.2. The van der Waals surface area contributed by atoms with E-state index in [4.69, 9.17) is 0 Å². The smallest absolute Gasteiger partial charge is 0.105 e. The van der Waals surface area contributed by atoms with E-state index >= 15 is 0 Å². The minimum atomic E-state index is 0.581. The lowest BCUT2D eigenvalue weighted by molar-refractivity contribution is 1.02. The van der Waals surface area contributed by atoms with E-state index in [0.717, 1.165) is 73.8 Å². The summed E-state index contributed by atoms with van der Waals surface area (Å²) in [6, 6.07) is 32.7. The van der Waals surface area contributed by atoms with Crippen LogP contribution in [0.1, 0.15) is 52.8 Å². The van der Waals surface area contributed by atoms with E-state index in [1.54, 1.807) is 0 Å². The molecule has 5 nitrogen and oxygen atoms in total. The van der Waals surface area contributed by atoms with Gasteiger partial charge in [-0.15, -0.1) is 0 Å². The molecule has 0 unspecified atom stereocenters. The number of hydrogen-bond acceptors (Lipinski definition) is 3. The molecule has 0 N–H and O–H groups in total. The average molecular weight is 574 g/mol. The summed E-state index contributed by atoms with van der Waals surface area (Å²) >= 11 is 0. The van der Waals surface area contributed by atoms with Crippen LogP contribution in [0.2, 0.25) is 0 Å². The third-order valence-electron chi connectivity index (χ3n) is 8.73. The highest BCUT2D eigenvalue weighted by Crippen LogP contribution is 2.42. The quantitative estimate of drug-likeness (QED) is 0.198. The monoisotopic (exact) mass is 573 g/mol. The summed E-state index contributed by atoms with van der Waals surface area (Å²) in [4.78, 5) is 0. The number of para-hydroxylation sites is 1. The van der Waals surface area contributed by atoms with Crippen LogP contribution >= 0.6 is 0 Å². The Morgan fingerprint density at radius 2 is 1.27 bits per heavy atom. The van der Waals surface area contributed by atoms with Gasteiger partial charge in [-0.25, -0.2) is 0 Å². The van der Waals surface area contributed by atoms with Crippen molar-refractivity contribution in [3.05, 3.63) is 131 Å². The molecule has 2 aliphatic carbocycles. The number of aromatic nitrogens is 2. The number of nitrogens with zero attached hydrogens (tertiary/aromatic N) is 5. The van der Waals surface area contributed by atoms with Gasteiger partial charge in [0.25, 0.3) is 0 Å². The summed E-state index contributed by atoms with van der Waals surface area (Å²) in [5, 5.41) is 31.9. The molecule has 208 valence electrons. The van der Waals surface area contributed by atoms with Crippen molar-refractivity contribution in [2.24, 2.45) is 0 Å². The molecule has 0 saturated heterocycles. The van der Waals surface area contributed by atoms with Gasteiger partial charge in [-0.1, -0.05) is 42.3 Å².